The van der Waals surface area contributed by atoms with E-state index in [1.165, 1.54) is 0 Å². The third-order valence-electron chi connectivity index (χ3n) is 3.25. The monoisotopic (exact) mass is 284 g/mol. The lowest BCUT2D eigenvalue weighted by atomic mass is 10.2. The van der Waals surface area contributed by atoms with E-state index in [2.05, 4.69) is 6.58 Å². The summed E-state index contributed by atoms with van der Waals surface area (Å²) in [4.78, 5) is 14.1. The number of rotatable bonds is 7. The first-order valence-electron chi connectivity index (χ1n) is 6.96. The van der Waals surface area contributed by atoms with Crippen LogP contribution in [0.1, 0.15) is 16.1 Å². The largest absolute Gasteiger partial charge is 0.395 e. The van der Waals surface area contributed by atoms with Gasteiger partial charge in [-0.15, -0.1) is 6.58 Å². The molecule has 0 saturated carbocycles. The van der Waals surface area contributed by atoms with Gasteiger partial charge in [0.15, 0.2) is 0 Å². The minimum absolute atomic E-state index is 0.0566. The molecular weight excluding hydrogens is 264 g/mol. The molecule has 110 valence electrons. The number of carbonyl (C=O) groups excluding carboxylic acids is 1. The Morgan fingerprint density at radius 2 is 2.00 bits per heavy atom. The Balaban J connectivity index is 2.18. The quantitative estimate of drug-likeness (QED) is 0.792. The zero-order valence-electron chi connectivity index (χ0n) is 12.0. The molecular formula is C17H20N2O2. The summed E-state index contributed by atoms with van der Waals surface area (Å²) in [6, 6.07) is 13.7. The molecule has 0 saturated heterocycles. The van der Waals surface area contributed by atoms with Crippen LogP contribution in [0.2, 0.25) is 0 Å². The van der Waals surface area contributed by atoms with E-state index in [0.29, 0.717) is 25.3 Å². The molecule has 0 spiro atoms. The van der Waals surface area contributed by atoms with Crippen molar-refractivity contribution in [1.82, 2.24) is 9.47 Å². The average molecular weight is 284 g/mol. The number of aromatic nitrogens is 1. The van der Waals surface area contributed by atoms with E-state index in [0.717, 1.165) is 5.56 Å². The zero-order valence-corrected chi connectivity index (χ0v) is 12.0. The molecule has 1 aromatic heterocycles. The number of hydrogen-bond donors (Lipinski definition) is 1. The van der Waals surface area contributed by atoms with Gasteiger partial charge in [0.2, 0.25) is 0 Å². The second-order valence-corrected chi connectivity index (χ2v) is 4.77. The van der Waals surface area contributed by atoms with Crippen LogP contribution in [0, 0.1) is 0 Å². The van der Waals surface area contributed by atoms with Crippen molar-refractivity contribution in [3.8, 4) is 0 Å². The van der Waals surface area contributed by atoms with E-state index >= 15 is 0 Å². The van der Waals surface area contributed by atoms with Crippen molar-refractivity contribution in [2.75, 3.05) is 19.7 Å². The number of amides is 1. The SMILES string of the molecule is C=CCN(CCO)C(=O)c1cccn1Cc1ccccc1. The molecule has 0 unspecified atom stereocenters. The maximum Gasteiger partial charge on any atom is 0.270 e. The first-order valence-corrected chi connectivity index (χ1v) is 6.96. The van der Waals surface area contributed by atoms with Crippen LogP contribution in [0.5, 0.6) is 0 Å². The van der Waals surface area contributed by atoms with Crippen molar-refractivity contribution in [2.24, 2.45) is 0 Å². The lowest BCUT2D eigenvalue weighted by Gasteiger charge is -2.21. The molecule has 2 rings (SSSR count). The summed E-state index contributed by atoms with van der Waals surface area (Å²) in [7, 11) is 0. The van der Waals surface area contributed by atoms with E-state index in [1.54, 1.807) is 17.0 Å². The fraction of sp³-hybridized carbons (Fsp3) is 0.235. The van der Waals surface area contributed by atoms with Crippen LogP contribution in [0.3, 0.4) is 0 Å². The molecule has 4 heteroatoms. The second-order valence-electron chi connectivity index (χ2n) is 4.77. The standard InChI is InChI=1S/C17H20N2O2/c1-2-10-18(12-13-20)17(21)16-9-6-11-19(16)14-15-7-4-3-5-8-15/h2-9,11,20H,1,10,12-14H2. The van der Waals surface area contributed by atoms with Crippen LogP contribution in [0.25, 0.3) is 0 Å². The van der Waals surface area contributed by atoms with Crippen molar-refractivity contribution in [3.63, 3.8) is 0 Å². The first-order chi connectivity index (χ1) is 10.3. The third-order valence-corrected chi connectivity index (χ3v) is 3.25. The van der Waals surface area contributed by atoms with E-state index in [4.69, 9.17) is 5.11 Å². The van der Waals surface area contributed by atoms with Crippen molar-refractivity contribution in [1.29, 1.82) is 0 Å². The number of nitrogens with zero attached hydrogens (tertiary/aromatic N) is 2. The lowest BCUT2D eigenvalue weighted by molar-refractivity contribution is 0.0732. The smallest absolute Gasteiger partial charge is 0.270 e. The maximum absolute atomic E-state index is 12.5. The average Bonchev–Trinajstić information content (AvgIpc) is 2.95. The summed E-state index contributed by atoms with van der Waals surface area (Å²) in [6.07, 6.45) is 3.56. The minimum Gasteiger partial charge on any atom is -0.395 e. The summed E-state index contributed by atoms with van der Waals surface area (Å²) in [5.74, 6) is -0.0927. The van der Waals surface area contributed by atoms with Gasteiger partial charge in [-0.3, -0.25) is 4.79 Å². The normalized spacial score (nSPS) is 10.3. The van der Waals surface area contributed by atoms with Gasteiger partial charge < -0.3 is 14.6 Å². The molecule has 0 radical (unpaired) electrons. The number of aliphatic hydroxyl groups excluding tert-OH is 1. The number of aliphatic hydroxyl groups is 1. The molecule has 0 bridgehead atoms. The maximum atomic E-state index is 12.5. The fourth-order valence-electron chi connectivity index (χ4n) is 2.24. The molecule has 4 nitrogen and oxygen atoms in total. The molecule has 0 atom stereocenters. The summed E-state index contributed by atoms with van der Waals surface area (Å²) in [6.45, 7) is 4.98. The predicted octanol–water partition coefficient (Wildman–Crippen LogP) is 2.16. The Morgan fingerprint density at radius 1 is 1.24 bits per heavy atom. The predicted molar refractivity (Wildman–Crippen MR) is 83.2 cm³/mol. The van der Waals surface area contributed by atoms with Crippen LogP contribution >= 0.6 is 0 Å². The molecule has 0 fully saturated rings. The molecule has 1 aromatic carbocycles. The number of carbonyl (C=O) groups is 1. The molecule has 2 aromatic rings. The lowest BCUT2D eigenvalue weighted by Crippen LogP contribution is -2.35. The van der Waals surface area contributed by atoms with Crippen molar-refractivity contribution in [2.45, 2.75) is 6.54 Å². The highest BCUT2D eigenvalue weighted by molar-refractivity contribution is 5.93. The second kappa shape index (κ2) is 7.45. The molecule has 0 aliphatic carbocycles. The Bertz CT molecular complexity index is 590. The zero-order chi connectivity index (χ0) is 15.1. The molecule has 0 aliphatic rings. The van der Waals surface area contributed by atoms with E-state index < -0.39 is 0 Å². The van der Waals surface area contributed by atoms with Crippen LogP contribution in [0.4, 0.5) is 0 Å². The molecule has 1 amide bonds. The molecule has 0 aliphatic heterocycles. The van der Waals surface area contributed by atoms with Gasteiger partial charge in [0, 0.05) is 25.8 Å². The fourth-order valence-corrected chi connectivity index (χ4v) is 2.24. The Labute approximate surface area is 124 Å². The van der Waals surface area contributed by atoms with Gasteiger partial charge >= 0.3 is 0 Å². The van der Waals surface area contributed by atoms with Gasteiger partial charge in [-0.25, -0.2) is 0 Å². The van der Waals surface area contributed by atoms with Crippen LogP contribution < -0.4 is 0 Å². The summed E-state index contributed by atoms with van der Waals surface area (Å²) in [5, 5.41) is 9.08. The topological polar surface area (TPSA) is 45.5 Å². The Morgan fingerprint density at radius 3 is 2.67 bits per heavy atom. The Hall–Kier alpha value is -2.33. The first kappa shape index (κ1) is 15.1. The van der Waals surface area contributed by atoms with Crippen LogP contribution in [-0.2, 0) is 6.54 Å². The van der Waals surface area contributed by atoms with Gasteiger partial charge in [-0.05, 0) is 17.7 Å². The van der Waals surface area contributed by atoms with Crippen molar-refractivity contribution < 1.29 is 9.90 Å². The summed E-state index contributed by atoms with van der Waals surface area (Å²) >= 11 is 0. The van der Waals surface area contributed by atoms with Crippen molar-refractivity contribution in [3.05, 3.63) is 72.6 Å². The van der Waals surface area contributed by atoms with E-state index in [9.17, 15) is 4.79 Å². The number of benzene rings is 1. The molecule has 1 heterocycles. The van der Waals surface area contributed by atoms with Gasteiger partial charge in [-0.2, -0.15) is 0 Å². The van der Waals surface area contributed by atoms with Gasteiger partial charge in [-0.1, -0.05) is 36.4 Å². The van der Waals surface area contributed by atoms with E-state index in [1.807, 2.05) is 47.2 Å². The Kier molecular flexibility index (Phi) is 5.35. The highest BCUT2D eigenvalue weighted by Gasteiger charge is 2.17. The van der Waals surface area contributed by atoms with Gasteiger partial charge in [0.25, 0.3) is 5.91 Å². The van der Waals surface area contributed by atoms with Gasteiger partial charge in [0.05, 0.1) is 6.61 Å². The number of hydrogen-bond acceptors (Lipinski definition) is 2. The highest BCUT2D eigenvalue weighted by atomic mass is 16.3. The highest BCUT2D eigenvalue weighted by Crippen LogP contribution is 2.10. The van der Waals surface area contributed by atoms with Crippen molar-refractivity contribution >= 4 is 5.91 Å². The molecule has 1 N–H and O–H groups in total. The third kappa shape index (κ3) is 3.83. The summed E-state index contributed by atoms with van der Waals surface area (Å²) < 4.78 is 1.92. The van der Waals surface area contributed by atoms with Crippen LogP contribution in [0.15, 0.2) is 61.3 Å². The summed E-state index contributed by atoms with van der Waals surface area (Å²) in [5.41, 5.74) is 1.76. The minimum atomic E-state index is -0.0927. The van der Waals surface area contributed by atoms with Crippen LogP contribution in [-0.4, -0.2) is 40.2 Å². The van der Waals surface area contributed by atoms with E-state index in [-0.39, 0.29) is 12.5 Å². The van der Waals surface area contributed by atoms with Gasteiger partial charge in [0.1, 0.15) is 5.69 Å². The molecule has 21 heavy (non-hydrogen) atoms.